The van der Waals surface area contributed by atoms with E-state index in [9.17, 15) is 19.2 Å². The molecule has 0 atom stereocenters. The summed E-state index contributed by atoms with van der Waals surface area (Å²) in [5.74, 6) is -3.09. The first-order valence-electron chi connectivity index (χ1n) is 8.93. The van der Waals surface area contributed by atoms with Gasteiger partial charge in [-0.1, -0.05) is 0 Å². The molecular formula is C20H24O8. The Bertz CT molecular complexity index is 752. The molecule has 28 heavy (non-hydrogen) atoms. The van der Waals surface area contributed by atoms with Gasteiger partial charge in [-0.3, -0.25) is 0 Å². The van der Waals surface area contributed by atoms with Gasteiger partial charge in [0.05, 0.1) is 48.7 Å². The van der Waals surface area contributed by atoms with Crippen molar-refractivity contribution in [3.63, 3.8) is 0 Å². The van der Waals surface area contributed by atoms with Crippen LogP contribution in [-0.4, -0.2) is 50.3 Å². The molecule has 0 heterocycles. The van der Waals surface area contributed by atoms with Crippen molar-refractivity contribution in [3.05, 3.63) is 46.6 Å². The number of hydrogen-bond acceptors (Lipinski definition) is 8. The molecule has 0 radical (unpaired) electrons. The quantitative estimate of drug-likeness (QED) is 0.456. The van der Waals surface area contributed by atoms with Gasteiger partial charge in [-0.15, -0.1) is 0 Å². The highest BCUT2D eigenvalue weighted by Crippen LogP contribution is 2.21. The number of carbonyl (C=O) groups excluding carboxylic acids is 4. The Morgan fingerprint density at radius 2 is 1.00 bits per heavy atom. The average Bonchev–Trinajstić information content (AvgIpc) is 2.62. The summed E-state index contributed by atoms with van der Waals surface area (Å²) in [6.45, 7) is 6.80. The Morgan fingerprint density at radius 1 is 0.571 bits per heavy atom. The first kappa shape index (κ1) is 22.9. The van der Waals surface area contributed by atoms with E-state index in [4.69, 9.17) is 18.9 Å². The molecule has 8 heteroatoms. The predicted octanol–water partition coefficient (Wildman–Crippen LogP) is 1.96. The van der Waals surface area contributed by atoms with Crippen molar-refractivity contribution in [1.82, 2.24) is 0 Å². The Kier molecular flexibility index (Phi) is 9.42. The lowest BCUT2D eigenvalue weighted by atomic mass is 9.98. The zero-order valence-corrected chi connectivity index (χ0v) is 16.4. The fourth-order valence-corrected chi connectivity index (χ4v) is 2.19. The van der Waals surface area contributed by atoms with Crippen LogP contribution in [0, 0.1) is 0 Å². The molecule has 0 aliphatic heterocycles. The molecule has 0 amide bonds. The van der Waals surface area contributed by atoms with E-state index in [1.54, 1.807) is 27.7 Å². The van der Waals surface area contributed by atoms with Crippen LogP contribution in [0.5, 0.6) is 0 Å². The van der Waals surface area contributed by atoms with Crippen LogP contribution in [0.3, 0.4) is 0 Å². The standard InChI is InChI=1S/C20H24O8/c1-5-25-17(21)13-9-10-15(19(23)27-7-3)16(20(24)28-8-4)12-14(11-13)18(22)26-6-2/h9-12H,5-8H2,1-4H3. The van der Waals surface area contributed by atoms with Crippen molar-refractivity contribution in [2.75, 3.05) is 26.4 Å². The fourth-order valence-electron chi connectivity index (χ4n) is 2.19. The molecule has 0 aromatic heterocycles. The largest absolute Gasteiger partial charge is 0.462 e. The fraction of sp³-hybridized carbons (Fsp3) is 0.400. The van der Waals surface area contributed by atoms with Crippen molar-refractivity contribution in [1.29, 1.82) is 0 Å². The summed E-state index contributed by atoms with van der Waals surface area (Å²) in [5, 5.41) is 0. The molecular weight excluding hydrogens is 368 g/mol. The second-order valence-electron chi connectivity index (χ2n) is 5.24. The third-order valence-electron chi connectivity index (χ3n) is 3.34. The Morgan fingerprint density at radius 3 is 1.50 bits per heavy atom. The third kappa shape index (κ3) is 6.22. The van der Waals surface area contributed by atoms with Crippen LogP contribution in [0.15, 0.2) is 46.6 Å². The topological polar surface area (TPSA) is 105 Å². The number of carbonyl (C=O) groups is 4. The molecule has 1 aliphatic rings. The molecule has 0 N–H and O–H groups in total. The summed E-state index contributed by atoms with van der Waals surface area (Å²) in [6, 6.07) is 0. The van der Waals surface area contributed by atoms with E-state index < -0.39 is 23.9 Å². The van der Waals surface area contributed by atoms with Crippen LogP contribution >= 0.6 is 0 Å². The highest BCUT2D eigenvalue weighted by molar-refractivity contribution is 6.07. The van der Waals surface area contributed by atoms with Gasteiger partial charge in [0.2, 0.25) is 0 Å². The summed E-state index contributed by atoms with van der Waals surface area (Å²) < 4.78 is 19.9. The lowest BCUT2D eigenvalue weighted by Gasteiger charge is -2.13. The van der Waals surface area contributed by atoms with Crippen molar-refractivity contribution in [3.8, 4) is 0 Å². The van der Waals surface area contributed by atoms with E-state index >= 15 is 0 Å². The highest BCUT2D eigenvalue weighted by atomic mass is 16.5. The maximum Gasteiger partial charge on any atom is 0.339 e. The molecule has 0 fully saturated rings. The van der Waals surface area contributed by atoms with E-state index in [1.807, 2.05) is 0 Å². The molecule has 0 spiro atoms. The van der Waals surface area contributed by atoms with Crippen LogP contribution in [0.1, 0.15) is 27.7 Å². The first-order chi connectivity index (χ1) is 13.4. The average molecular weight is 392 g/mol. The van der Waals surface area contributed by atoms with Gasteiger partial charge in [-0.05, 0) is 52.0 Å². The Hall–Kier alpha value is -3.16. The number of esters is 4. The van der Waals surface area contributed by atoms with Crippen LogP contribution in [-0.2, 0) is 38.1 Å². The molecule has 0 saturated heterocycles. The van der Waals surface area contributed by atoms with E-state index in [0.29, 0.717) is 0 Å². The molecule has 152 valence electrons. The van der Waals surface area contributed by atoms with Gasteiger partial charge < -0.3 is 18.9 Å². The molecule has 0 aromatic rings. The molecule has 0 saturated carbocycles. The summed E-state index contributed by atoms with van der Waals surface area (Å²) >= 11 is 0. The maximum atomic E-state index is 12.4. The van der Waals surface area contributed by atoms with Crippen LogP contribution in [0.2, 0.25) is 0 Å². The lowest BCUT2D eigenvalue weighted by molar-refractivity contribution is -0.141. The molecule has 0 unspecified atom stereocenters. The van der Waals surface area contributed by atoms with E-state index in [1.165, 1.54) is 18.2 Å². The van der Waals surface area contributed by atoms with Gasteiger partial charge in [0.25, 0.3) is 0 Å². The maximum absolute atomic E-state index is 12.4. The van der Waals surface area contributed by atoms with Gasteiger partial charge in [0.15, 0.2) is 0 Å². The van der Waals surface area contributed by atoms with Gasteiger partial charge in [0.1, 0.15) is 0 Å². The predicted molar refractivity (Wildman–Crippen MR) is 98.9 cm³/mol. The summed E-state index contributed by atoms with van der Waals surface area (Å²) in [5.41, 5.74) is -0.444. The Balaban J connectivity index is 3.63. The monoisotopic (exact) mass is 392 g/mol. The zero-order chi connectivity index (χ0) is 21.1. The minimum absolute atomic E-state index is 0.00543. The second-order valence-corrected chi connectivity index (χ2v) is 5.24. The lowest BCUT2D eigenvalue weighted by Crippen LogP contribution is -2.18. The number of rotatable bonds is 8. The van der Waals surface area contributed by atoms with Crippen LogP contribution in [0.4, 0.5) is 0 Å². The van der Waals surface area contributed by atoms with Crippen LogP contribution < -0.4 is 0 Å². The molecule has 1 aliphatic carbocycles. The van der Waals surface area contributed by atoms with E-state index in [0.717, 1.165) is 6.08 Å². The van der Waals surface area contributed by atoms with Crippen LogP contribution in [0.25, 0.3) is 0 Å². The smallest absolute Gasteiger partial charge is 0.339 e. The highest BCUT2D eigenvalue weighted by Gasteiger charge is 2.25. The Labute approximate surface area is 163 Å². The van der Waals surface area contributed by atoms with Crippen molar-refractivity contribution >= 4 is 23.9 Å². The summed E-state index contributed by atoms with van der Waals surface area (Å²) in [7, 11) is 0. The summed E-state index contributed by atoms with van der Waals surface area (Å²) in [6.07, 6.45) is 4.90. The minimum atomic E-state index is -0.815. The van der Waals surface area contributed by atoms with Crippen molar-refractivity contribution in [2.45, 2.75) is 27.7 Å². The second kappa shape index (κ2) is 11.5. The van der Waals surface area contributed by atoms with Gasteiger partial charge in [0, 0.05) is 0 Å². The van der Waals surface area contributed by atoms with Gasteiger partial charge in [-0.2, -0.15) is 0 Å². The third-order valence-corrected chi connectivity index (χ3v) is 3.34. The normalized spacial score (nSPS) is 13.6. The first-order valence-corrected chi connectivity index (χ1v) is 8.93. The van der Waals surface area contributed by atoms with Crippen molar-refractivity contribution < 1.29 is 38.1 Å². The van der Waals surface area contributed by atoms with E-state index in [2.05, 4.69) is 0 Å². The summed E-state index contributed by atoms with van der Waals surface area (Å²) in [4.78, 5) is 49.2. The molecule has 0 aromatic carbocycles. The van der Waals surface area contributed by atoms with Gasteiger partial charge >= 0.3 is 23.9 Å². The number of ether oxygens (including phenoxy) is 4. The molecule has 8 nitrogen and oxygen atoms in total. The van der Waals surface area contributed by atoms with Gasteiger partial charge in [-0.25, -0.2) is 19.2 Å². The number of hydrogen-bond donors (Lipinski definition) is 0. The zero-order valence-electron chi connectivity index (χ0n) is 16.4. The molecule has 0 bridgehead atoms. The minimum Gasteiger partial charge on any atom is -0.462 e. The molecule has 1 rings (SSSR count). The SMILES string of the molecule is CCOC(=O)C1=CC(C(=O)OCC)=CC(C(=O)OCC)=C(C(=O)OCC)C=C1. The van der Waals surface area contributed by atoms with E-state index in [-0.39, 0.29) is 48.7 Å². The van der Waals surface area contributed by atoms with Crippen molar-refractivity contribution in [2.24, 2.45) is 0 Å².